The van der Waals surface area contributed by atoms with Gasteiger partial charge >= 0.3 is 0 Å². The number of aryl methyl sites for hydroxylation is 1. The molecule has 8 nitrogen and oxygen atoms in total. The van der Waals surface area contributed by atoms with Crippen LogP contribution in [0, 0.1) is 6.92 Å². The summed E-state index contributed by atoms with van der Waals surface area (Å²) in [5.74, 6) is -0.332. The van der Waals surface area contributed by atoms with Gasteiger partial charge in [-0.2, -0.15) is 0 Å². The van der Waals surface area contributed by atoms with Crippen LogP contribution < -0.4 is 14.9 Å². The molecule has 174 valence electrons. The zero-order chi connectivity index (χ0) is 24.0. The number of hydrogen-bond acceptors (Lipinski definition) is 5. The van der Waals surface area contributed by atoms with Crippen molar-refractivity contribution >= 4 is 33.2 Å². The summed E-state index contributed by atoms with van der Waals surface area (Å²) < 4.78 is 31.6. The monoisotopic (exact) mass is 469 g/mol. The van der Waals surface area contributed by atoms with Gasteiger partial charge in [0.05, 0.1) is 36.0 Å². The third-order valence-corrected chi connectivity index (χ3v) is 6.23. The molecule has 2 aromatic carbocycles. The Hall–Kier alpha value is -3.59. The van der Waals surface area contributed by atoms with Gasteiger partial charge in [0.1, 0.15) is 11.8 Å². The van der Waals surface area contributed by atoms with Gasteiger partial charge in [-0.25, -0.2) is 8.42 Å². The number of nitrogens with one attached hydrogen (secondary N) is 2. The third-order valence-electron chi connectivity index (χ3n) is 5.05. The Morgan fingerprint density at radius 1 is 1.03 bits per heavy atom. The van der Waals surface area contributed by atoms with Crippen LogP contribution >= 0.6 is 0 Å². The lowest BCUT2D eigenvalue weighted by Gasteiger charge is -2.30. The number of rotatable bonds is 9. The number of carbonyl (C=O) groups is 2. The lowest BCUT2D eigenvalue weighted by molar-refractivity contribution is -0.117. The van der Waals surface area contributed by atoms with Gasteiger partial charge in [0.2, 0.25) is 15.9 Å². The fourth-order valence-corrected chi connectivity index (χ4v) is 4.65. The summed E-state index contributed by atoms with van der Waals surface area (Å²) in [5.41, 5.74) is 1.91. The summed E-state index contributed by atoms with van der Waals surface area (Å²) in [7, 11) is -3.76. The molecule has 0 bridgehead atoms. The molecule has 9 heteroatoms. The second kappa shape index (κ2) is 10.4. The maximum absolute atomic E-state index is 13.2. The van der Waals surface area contributed by atoms with E-state index in [2.05, 4.69) is 10.6 Å². The van der Waals surface area contributed by atoms with E-state index in [1.165, 1.54) is 6.26 Å². The molecule has 0 fully saturated rings. The van der Waals surface area contributed by atoms with Gasteiger partial charge in [0, 0.05) is 0 Å². The van der Waals surface area contributed by atoms with E-state index in [0.29, 0.717) is 11.4 Å². The third kappa shape index (κ3) is 6.01. The van der Waals surface area contributed by atoms with Crippen LogP contribution in [0.5, 0.6) is 0 Å². The van der Waals surface area contributed by atoms with Crippen molar-refractivity contribution < 1.29 is 22.4 Å². The van der Waals surface area contributed by atoms with E-state index in [0.717, 1.165) is 16.1 Å². The number of para-hydroxylation sites is 1. The second-order valence-electron chi connectivity index (χ2n) is 7.62. The number of sulfonamides is 1. The highest BCUT2D eigenvalue weighted by atomic mass is 32.2. The predicted molar refractivity (Wildman–Crippen MR) is 128 cm³/mol. The Bertz CT molecular complexity index is 1210. The highest BCUT2D eigenvalue weighted by molar-refractivity contribution is 7.92. The molecule has 0 aliphatic rings. The molecule has 0 spiro atoms. The number of amides is 2. The Kier molecular flexibility index (Phi) is 7.55. The van der Waals surface area contributed by atoms with Crippen molar-refractivity contribution in [1.29, 1.82) is 0 Å². The van der Waals surface area contributed by atoms with Crippen LogP contribution in [-0.4, -0.2) is 32.5 Å². The van der Waals surface area contributed by atoms with Crippen LogP contribution in [-0.2, 0) is 21.4 Å². The van der Waals surface area contributed by atoms with Crippen LogP contribution in [0.25, 0.3) is 0 Å². The SMILES string of the molecule is CCC(C(=O)Nc1ccccc1C(=O)NCc1ccco1)N(c1ccc(C)cc1)S(C)(=O)=O. The summed E-state index contributed by atoms with van der Waals surface area (Å²) in [5, 5.41) is 5.49. The topological polar surface area (TPSA) is 109 Å². The highest BCUT2D eigenvalue weighted by Gasteiger charge is 2.32. The van der Waals surface area contributed by atoms with Crippen molar-refractivity contribution in [2.75, 3.05) is 15.9 Å². The lowest BCUT2D eigenvalue weighted by atomic mass is 10.1. The molecule has 3 rings (SSSR count). The van der Waals surface area contributed by atoms with Crippen molar-refractivity contribution in [3.8, 4) is 0 Å². The summed E-state index contributed by atoms with van der Waals surface area (Å²) >= 11 is 0. The molecule has 0 aliphatic carbocycles. The molecule has 2 N–H and O–H groups in total. The van der Waals surface area contributed by atoms with Gasteiger partial charge in [-0.3, -0.25) is 13.9 Å². The molecular formula is C24H27N3O5S. The maximum atomic E-state index is 13.2. The molecule has 1 heterocycles. The van der Waals surface area contributed by atoms with Crippen molar-refractivity contribution in [2.45, 2.75) is 32.9 Å². The number of furan rings is 1. The zero-order valence-corrected chi connectivity index (χ0v) is 19.6. The van der Waals surface area contributed by atoms with E-state index < -0.39 is 27.9 Å². The first-order valence-corrected chi connectivity index (χ1v) is 12.3. The summed E-state index contributed by atoms with van der Waals surface area (Å²) in [6.45, 7) is 3.83. The van der Waals surface area contributed by atoms with Crippen LogP contribution in [0.15, 0.2) is 71.3 Å². The van der Waals surface area contributed by atoms with E-state index in [1.54, 1.807) is 67.6 Å². The first kappa shape index (κ1) is 24.1. The van der Waals surface area contributed by atoms with E-state index >= 15 is 0 Å². The fraction of sp³-hybridized carbons (Fsp3) is 0.250. The number of hydrogen-bond donors (Lipinski definition) is 2. The first-order chi connectivity index (χ1) is 15.7. The molecule has 2 amide bonds. The quantitative estimate of drug-likeness (QED) is 0.497. The van der Waals surface area contributed by atoms with Crippen LogP contribution in [0.4, 0.5) is 11.4 Å². The molecule has 1 atom stereocenters. The second-order valence-corrected chi connectivity index (χ2v) is 9.47. The van der Waals surface area contributed by atoms with E-state index in [9.17, 15) is 18.0 Å². The normalized spacial score (nSPS) is 12.1. The van der Waals surface area contributed by atoms with Gasteiger partial charge in [-0.05, 0) is 49.7 Å². The molecule has 1 aromatic heterocycles. The first-order valence-electron chi connectivity index (χ1n) is 10.5. The van der Waals surface area contributed by atoms with Gasteiger partial charge in [0.15, 0.2) is 0 Å². The van der Waals surface area contributed by atoms with Crippen LogP contribution in [0.1, 0.15) is 35.0 Å². The fourth-order valence-electron chi connectivity index (χ4n) is 3.43. The number of nitrogens with zero attached hydrogens (tertiary/aromatic N) is 1. The molecule has 0 aliphatic heterocycles. The molecule has 0 saturated heterocycles. The Balaban J connectivity index is 1.84. The van der Waals surface area contributed by atoms with Crippen molar-refractivity contribution in [1.82, 2.24) is 5.32 Å². The van der Waals surface area contributed by atoms with Gasteiger partial charge in [-0.1, -0.05) is 36.8 Å². The molecule has 33 heavy (non-hydrogen) atoms. The van der Waals surface area contributed by atoms with Gasteiger partial charge in [-0.15, -0.1) is 0 Å². The van der Waals surface area contributed by atoms with E-state index in [4.69, 9.17) is 4.42 Å². The van der Waals surface area contributed by atoms with E-state index in [-0.39, 0.29) is 24.2 Å². The van der Waals surface area contributed by atoms with Crippen molar-refractivity contribution in [3.63, 3.8) is 0 Å². The van der Waals surface area contributed by atoms with Crippen LogP contribution in [0.2, 0.25) is 0 Å². The lowest BCUT2D eigenvalue weighted by Crippen LogP contribution is -2.47. The summed E-state index contributed by atoms with van der Waals surface area (Å²) in [6.07, 6.45) is 2.82. The molecule has 3 aromatic rings. The number of benzene rings is 2. The predicted octanol–water partition coefficient (Wildman–Crippen LogP) is 3.70. The zero-order valence-electron chi connectivity index (χ0n) is 18.7. The molecule has 0 radical (unpaired) electrons. The highest BCUT2D eigenvalue weighted by Crippen LogP contribution is 2.24. The minimum Gasteiger partial charge on any atom is -0.467 e. The smallest absolute Gasteiger partial charge is 0.253 e. The summed E-state index contributed by atoms with van der Waals surface area (Å²) in [4.78, 5) is 25.9. The maximum Gasteiger partial charge on any atom is 0.253 e. The number of anilines is 2. The van der Waals surface area contributed by atoms with Crippen molar-refractivity contribution in [3.05, 3.63) is 83.8 Å². The molecule has 1 unspecified atom stereocenters. The molecular weight excluding hydrogens is 442 g/mol. The minimum atomic E-state index is -3.76. The Morgan fingerprint density at radius 2 is 1.73 bits per heavy atom. The number of carbonyl (C=O) groups excluding carboxylic acids is 2. The van der Waals surface area contributed by atoms with Gasteiger partial charge < -0.3 is 15.1 Å². The standard InChI is InChI=1S/C24H27N3O5S/c1-4-22(27(33(3,30)31)18-13-11-17(2)12-14-18)24(29)26-21-10-6-5-9-20(21)23(28)25-16-19-8-7-15-32-19/h5-15,22H,4,16H2,1-3H3,(H,25,28)(H,26,29). The van der Waals surface area contributed by atoms with Crippen LogP contribution in [0.3, 0.4) is 0 Å². The Labute approximate surface area is 193 Å². The Morgan fingerprint density at radius 3 is 2.33 bits per heavy atom. The van der Waals surface area contributed by atoms with Gasteiger partial charge in [0.25, 0.3) is 5.91 Å². The van der Waals surface area contributed by atoms with E-state index in [1.807, 2.05) is 6.92 Å². The summed E-state index contributed by atoms with van der Waals surface area (Å²) in [6, 6.07) is 15.9. The minimum absolute atomic E-state index is 0.195. The molecule has 0 saturated carbocycles. The average Bonchev–Trinajstić information content (AvgIpc) is 3.30. The largest absolute Gasteiger partial charge is 0.467 e. The van der Waals surface area contributed by atoms with Crippen molar-refractivity contribution in [2.24, 2.45) is 0 Å². The average molecular weight is 470 g/mol.